The van der Waals surface area contributed by atoms with Crippen molar-refractivity contribution in [3.8, 4) is 0 Å². The average Bonchev–Trinajstić information content (AvgIpc) is 2.81. The third-order valence-electron chi connectivity index (χ3n) is 9.16. The minimum absolute atomic E-state index is 0.0321. The standard InChI is InChI=1S/C29H38N4O/c1-19-4-6-22(7-5-19)15-26-20(2)30-21(3)31-27(26)32-8-10-33(11-9-32)28(34)29-16-23-12-24(17-29)14-25(13-23)18-29/h4-7,23-25H,8-18H2,1-3H3. The zero-order chi connectivity index (χ0) is 23.4. The molecule has 5 nitrogen and oxygen atoms in total. The zero-order valence-corrected chi connectivity index (χ0v) is 21.0. The Bertz CT molecular complexity index is 1050. The molecule has 2 heterocycles. The summed E-state index contributed by atoms with van der Waals surface area (Å²) in [5, 5.41) is 0. The van der Waals surface area contributed by atoms with Crippen molar-refractivity contribution in [1.82, 2.24) is 14.9 Å². The van der Waals surface area contributed by atoms with E-state index < -0.39 is 0 Å². The van der Waals surface area contributed by atoms with Crippen LogP contribution in [0.3, 0.4) is 0 Å². The van der Waals surface area contributed by atoms with Crippen LogP contribution in [0.25, 0.3) is 0 Å². The molecule has 0 spiro atoms. The highest BCUT2D eigenvalue weighted by atomic mass is 16.2. The van der Waals surface area contributed by atoms with Crippen LogP contribution in [0.1, 0.15) is 66.7 Å². The first-order valence-corrected chi connectivity index (χ1v) is 13.3. The van der Waals surface area contributed by atoms with Crippen LogP contribution >= 0.6 is 0 Å². The summed E-state index contributed by atoms with van der Waals surface area (Å²) in [6.07, 6.45) is 8.47. The van der Waals surface area contributed by atoms with Gasteiger partial charge >= 0.3 is 0 Å². The highest BCUT2D eigenvalue weighted by Gasteiger charge is 2.55. The molecule has 4 aliphatic carbocycles. The number of benzene rings is 1. The first-order valence-electron chi connectivity index (χ1n) is 13.3. The highest BCUT2D eigenvalue weighted by molar-refractivity contribution is 5.83. The van der Waals surface area contributed by atoms with Crippen LogP contribution in [-0.4, -0.2) is 47.0 Å². The lowest BCUT2D eigenvalue weighted by atomic mass is 9.49. The number of aromatic nitrogens is 2. The van der Waals surface area contributed by atoms with Gasteiger partial charge in [0.15, 0.2) is 0 Å². The van der Waals surface area contributed by atoms with Gasteiger partial charge in [-0.15, -0.1) is 0 Å². The van der Waals surface area contributed by atoms with Gasteiger partial charge in [-0.3, -0.25) is 4.79 Å². The maximum absolute atomic E-state index is 13.8. The summed E-state index contributed by atoms with van der Waals surface area (Å²) in [4.78, 5) is 28.0. The molecule has 1 aromatic carbocycles. The topological polar surface area (TPSA) is 49.3 Å². The summed E-state index contributed by atoms with van der Waals surface area (Å²) in [7, 11) is 0. The van der Waals surface area contributed by atoms with Gasteiger partial charge in [0.05, 0.1) is 5.41 Å². The number of aryl methyl sites for hydroxylation is 3. The van der Waals surface area contributed by atoms with Crippen molar-refractivity contribution >= 4 is 11.7 Å². The summed E-state index contributed by atoms with van der Waals surface area (Å²) >= 11 is 0. The van der Waals surface area contributed by atoms with Crippen molar-refractivity contribution in [2.24, 2.45) is 23.2 Å². The largest absolute Gasteiger partial charge is 0.353 e. The summed E-state index contributed by atoms with van der Waals surface area (Å²) in [5.74, 6) is 4.80. The number of amides is 1. The lowest BCUT2D eigenvalue weighted by Gasteiger charge is -2.57. The molecule has 0 radical (unpaired) electrons. The Morgan fingerprint density at radius 2 is 1.47 bits per heavy atom. The molecule has 1 aliphatic heterocycles. The smallest absolute Gasteiger partial charge is 0.228 e. The van der Waals surface area contributed by atoms with Crippen molar-refractivity contribution in [3.63, 3.8) is 0 Å². The zero-order valence-electron chi connectivity index (χ0n) is 21.0. The molecule has 1 aromatic heterocycles. The van der Waals surface area contributed by atoms with Gasteiger partial charge in [-0.1, -0.05) is 29.8 Å². The number of carbonyl (C=O) groups excluding carboxylic acids is 1. The average molecular weight is 459 g/mol. The molecule has 1 saturated heterocycles. The van der Waals surface area contributed by atoms with E-state index in [1.54, 1.807) is 0 Å². The van der Waals surface area contributed by atoms with E-state index in [1.807, 2.05) is 6.92 Å². The first kappa shape index (κ1) is 22.1. The molecule has 2 aromatic rings. The third-order valence-corrected chi connectivity index (χ3v) is 9.16. The van der Waals surface area contributed by atoms with Gasteiger partial charge in [0.25, 0.3) is 0 Å². The van der Waals surface area contributed by atoms with Gasteiger partial charge in [0.1, 0.15) is 11.6 Å². The van der Waals surface area contributed by atoms with Crippen molar-refractivity contribution in [1.29, 1.82) is 0 Å². The molecular weight excluding hydrogens is 420 g/mol. The molecule has 5 fully saturated rings. The van der Waals surface area contributed by atoms with E-state index in [1.165, 1.54) is 36.0 Å². The van der Waals surface area contributed by atoms with Crippen molar-refractivity contribution < 1.29 is 4.79 Å². The molecule has 0 N–H and O–H groups in total. The molecule has 4 saturated carbocycles. The number of nitrogens with zero attached hydrogens (tertiary/aromatic N) is 4. The van der Waals surface area contributed by atoms with Crippen LogP contribution < -0.4 is 4.90 Å². The number of carbonyl (C=O) groups is 1. The Kier molecular flexibility index (Phi) is 5.42. The molecular formula is C29H38N4O. The summed E-state index contributed by atoms with van der Waals surface area (Å²) in [5.41, 5.74) is 4.82. The Morgan fingerprint density at radius 3 is 2.06 bits per heavy atom. The van der Waals surface area contributed by atoms with Crippen LogP contribution in [0.5, 0.6) is 0 Å². The maximum Gasteiger partial charge on any atom is 0.228 e. The molecule has 0 unspecified atom stereocenters. The summed E-state index contributed by atoms with van der Waals surface area (Å²) in [6, 6.07) is 8.77. The van der Waals surface area contributed by atoms with E-state index in [0.717, 1.165) is 87.0 Å². The van der Waals surface area contributed by atoms with Crippen molar-refractivity contribution in [3.05, 3.63) is 52.5 Å². The summed E-state index contributed by atoms with van der Waals surface area (Å²) in [6.45, 7) is 9.55. The molecule has 5 aliphatic rings. The minimum Gasteiger partial charge on any atom is -0.353 e. The molecule has 0 atom stereocenters. The Morgan fingerprint density at radius 1 is 0.882 bits per heavy atom. The fourth-order valence-electron chi connectivity index (χ4n) is 7.93. The second kappa shape index (κ2) is 8.35. The first-order chi connectivity index (χ1) is 16.4. The van der Waals surface area contributed by atoms with Crippen LogP contribution in [0, 0.1) is 43.9 Å². The predicted octanol–water partition coefficient (Wildman–Crippen LogP) is 4.86. The molecule has 180 valence electrons. The fourth-order valence-corrected chi connectivity index (χ4v) is 7.93. The highest BCUT2D eigenvalue weighted by Crippen LogP contribution is 2.60. The minimum atomic E-state index is -0.0321. The maximum atomic E-state index is 13.8. The predicted molar refractivity (Wildman–Crippen MR) is 135 cm³/mol. The van der Waals surface area contributed by atoms with Crippen LogP contribution in [0.4, 0.5) is 5.82 Å². The van der Waals surface area contributed by atoms with Crippen molar-refractivity contribution in [2.45, 2.75) is 65.7 Å². The van der Waals surface area contributed by atoms with E-state index >= 15 is 0 Å². The molecule has 4 bridgehead atoms. The van der Waals surface area contributed by atoms with E-state index in [4.69, 9.17) is 4.98 Å². The summed E-state index contributed by atoms with van der Waals surface area (Å²) < 4.78 is 0. The lowest BCUT2D eigenvalue weighted by molar-refractivity contribution is -0.158. The van der Waals surface area contributed by atoms with E-state index in [0.29, 0.717) is 5.91 Å². The van der Waals surface area contributed by atoms with Crippen LogP contribution in [-0.2, 0) is 11.2 Å². The monoisotopic (exact) mass is 458 g/mol. The van der Waals surface area contributed by atoms with Gasteiger partial charge in [-0.05, 0) is 82.6 Å². The Hall–Kier alpha value is -2.43. The van der Waals surface area contributed by atoms with E-state index in [2.05, 4.69) is 52.9 Å². The van der Waals surface area contributed by atoms with E-state index in [-0.39, 0.29) is 5.41 Å². The van der Waals surface area contributed by atoms with Gasteiger partial charge in [0, 0.05) is 43.9 Å². The quantitative estimate of drug-likeness (QED) is 0.657. The number of hydrogen-bond donors (Lipinski definition) is 0. The number of anilines is 1. The van der Waals surface area contributed by atoms with Crippen LogP contribution in [0.2, 0.25) is 0 Å². The second-order valence-electron chi connectivity index (χ2n) is 11.8. The number of hydrogen-bond acceptors (Lipinski definition) is 4. The van der Waals surface area contributed by atoms with Crippen molar-refractivity contribution in [2.75, 3.05) is 31.1 Å². The van der Waals surface area contributed by atoms with Gasteiger partial charge in [0.2, 0.25) is 5.91 Å². The third kappa shape index (κ3) is 3.91. The van der Waals surface area contributed by atoms with Gasteiger partial charge < -0.3 is 9.80 Å². The Labute approximate surface area is 204 Å². The number of piperazine rings is 1. The molecule has 1 amide bonds. The van der Waals surface area contributed by atoms with Gasteiger partial charge in [-0.25, -0.2) is 9.97 Å². The molecule has 34 heavy (non-hydrogen) atoms. The normalized spacial score (nSPS) is 30.1. The second-order valence-corrected chi connectivity index (χ2v) is 11.8. The SMILES string of the molecule is Cc1ccc(Cc2c(C)nc(C)nc2N2CCN(C(=O)C34CC5CC(CC(C5)C3)C4)CC2)cc1. The van der Waals surface area contributed by atoms with Gasteiger partial charge in [-0.2, -0.15) is 0 Å². The fraction of sp³-hybridized carbons (Fsp3) is 0.621. The van der Waals surface area contributed by atoms with Crippen LogP contribution in [0.15, 0.2) is 24.3 Å². The lowest BCUT2D eigenvalue weighted by Crippen LogP contribution is -2.58. The molecule has 5 heteroatoms. The Balaban J connectivity index is 1.18. The molecule has 7 rings (SSSR count). The number of rotatable bonds is 4. The van der Waals surface area contributed by atoms with E-state index in [9.17, 15) is 4.79 Å².